The lowest BCUT2D eigenvalue weighted by Gasteiger charge is -2.27. The molecule has 0 spiro atoms. The van der Waals surface area contributed by atoms with Gasteiger partial charge in [-0.25, -0.2) is 4.79 Å². The van der Waals surface area contributed by atoms with Crippen LogP contribution in [0.5, 0.6) is 0 Å². The van der Waals surface area contributed by atoms with Gasteiger partial charge in [0.05, 0.1) is 6.54 Å². The van der Waals surface area contributed by atoms with Crippen molar-refractivity contribution in [1.82, 2.24) is 15.5 Å². The maximum Gasteiger partial charge on any atom is 0.328 e. The summed E-state index contributed by atoms with van der Waals surface area (Å²) in [6.45, 7) is 2.64. The number of carboxylic acid groups (broad SMARTS) is 1. The van der Waals surface area contributed by atoms with Crippen LogP contribution in [0, 0.1) is 0 Å². The third-order valence-corrected chi connectivity index (χ3v) is 2.26. The molecule has 0 aromatic rings. The summed E-state index contributed by atoms with van der Waals surface area (Å²) in [7, 11) is 0. The number of aliphatic carboxylic acids is 1. The van der Waals surface area contributed by atoms with Gasteiger partial charge in [0.2, 0.25) is 11.8 Å². The van der Waals surface area contributed by atoms with E-state index in [1.807, 2.05) is 0 Å². The van der Waals surface area contributed by atoms with E-state index in [-0.39, 0.29) is 12.5 Å². The van der Waals surface area contributed by atoms with Gasteiger partial charge in [-0.3, -0.25) is 9.59 Å². The minimum absolute atomic E-state index is 0.108. The fourth-order valence-corrected chi connectivity index (χ4v) is 1.39. The van der Waals surface area contributed by atoms with Gasteiger partial charge in [-0.05, 0) is 0 Å². The Bertz CT molecular complexity index is 334. The molecular formula is C10H15N3O4. The van der Waals surface area contributed by atoms with Gasteiger partial charge in [-0.15, -0.1) is 0 Å². The Balaban J connectivity index is 2.27. The second kappa shape index (κ2) is 6.64. The van der Waals surface area contributed by atoms with Crippen molar-refractivity contribution in [2.24, 2.45) is 0 Å². The van der Waals surface area contributed by atoms with Crippen molar-refractivity contribution in [3.8, 4) is 0 Å². The van der Waals surface area contributed by atoms with Crippen LogP contribution >= 0.6 is 0 Å². The molecule has 0 aromatic heterocycles. The number of carbonyl (C=O) groups excluding carboxylic acids is 2. The minimum Gasteiger partial charge on any atom is -0.478 e. The van der Waals surface area contributed by atoms with Crippen molar-refractivity contribution < 1.29 is 19.5 Å². The van der Waals surface area contributed by atoms with Crippen LogP contribution in [0.1, 0.15) is 0 Å². The van der Waals surface area contributed by atoms with Gasteiger partial charge in [-0.2, -0.15) is 0 Å². The Morgan fingerprint density at radius 2 is 1.88 bits per heavy atom. The zero-order valence-corrected chi connectivity index (χ0v) is 9.31. The van der Waals surface area contributed by atoms with E-state index in [2.05, 4.69) is 10.6 Å². The number of nitrogens with zero attached hydrogens (tertiary/aromatic N) is 1. The summed E-state index contributed by atoms with van der Waals surface area (Å²) in [4.78, 5) is 34.5. The summed E-state index contributed by atoms with van der Waals surface area (Å²) >= 11 is 0. The lowest BCUT2D eigenvalue weighted by atomic mass is 10.3. The highest BCUT2D eigenvalue weighted by molar-refractivity contribution is 5.95. The number of hydrogen-bond acceptors (Lipinski definition) is 4. The maximum atomic E-state index is 11.6. The third-order valence-electron chi connectivity index (χ3n) is 2.26. The Morgan fingerprint density at radius 1 is 1.24 bits per heavy atom. The zero-order valence-electron chi connectivity index (χ0n) is 9.31. The molecule has 1 saturated heterocycles. The first-order valence-electron chi connectivity index (χ1n) is 5.27. The highest BCUT2D eigenvalue weighted by Gasteiger charge is 2.15. The van der Waals surface area contributed by atoms with Gasteiger partial charge in [0.1, 0.15) is 0 Å². The standard InChI is InChI=1S/C10H15N3O4/c14-8(1-2-10(16)17)12-7-9(15)13-5-3-11-4-6-13/h1-2,11H,3-7H2,(H,12,14)(H,16,17). The molecule has 0 radical (unpaired) electrons. The molecule has 1 aliphatic heterocycles. The quantitative estimate of drug-likeness (QED) is 0.503. The van der Waals surface area contributed by atoms with Crippen LogP contribution in [0.2, 0.25) is 0 Å². The zero-order chi connectivity index (χ0) is 12.7. The summed E-state index contributed by atoms with van der Waals surface area (Å²) in [5.41, 5.74) is 0. The van der Waals surface area contributed by atoms with Crippen LogP contribution in [-0.2, 0) is 14.4 Å². The molecule has 1 fully saturated rings. The number of carboxylic acids is 1. The van der Waals surface area contributed by atoms with Crippen LogP contribution in [0.15, 0.2) is 12.2 Å². The molecule has 0 bridgehead atoms. The fraction of sp³-hybridized carbons (Fsp3) is 0.500. The Hall–Kier alpha value is -1.89. The maximum absolute atomic E-state index is 11.6. The normalized spacial score (nSPS) is 15.9. The van der Waals surface area contributed by atoms with Crippen molar-refractivity contribution in [3.63, 3.8) is 0 Å². The topological polar surface area (TPSA) is 98.7 Å². The van der Waals surface area contributed by atoms with Gasteiger partial charge < -0.3 is 20.6 Å². The van der Waals surface area contributed by atoms with E-state index in [0.717, 1.165) is 25.2 Å². The van der Waals surface area contributed by atoms with Crippen molar-refractivity contribution in [2.45, 2.75) is 0 Å². The SMILES string of the molecule is O=C(O)C=CC(=O)NCC(=O)N1CCNCC1. The molecule has 7 heteroatoms. The van der Waals surface area contributed by atoms with Gasteiger partial charge in [0, 0.05) is 38.3 Å². The number of carbonyl (C=O) groups is 3. The van der Waals surface area contributed by atoms with E-state index in [1.54, 1.807) is 4.90 Å². The highest BCUT2D eigenvalue weighted by Crippen LogP contribution is 1.92. The van der Waals surface area contributed by atoms with Crippen LogP contribution in [0.4, 0.5) is 0 Å². The van der Waals surface area contributed by atoms with Gasteiger partial charge in [0.25, 0.3) is 0 Å². The monoisotopic (exact) mass is 241 g/mol. The summed E-state index contributed by atoms with van der Waals surface area (Å²) in [6, 6.07) is 0. The van der Waals surface area contributed by atoms with Gasteiger partial charge in [0.15, 0.2) is 0 Å². The van der Waals surface area contributed by atoms with Gasteiger partial charge >= 0.3 is 5.97 Å². The Kier molecular flexibility index (Phi) is 5.15. The largest absolute Gasteiger partial charge is 0.478 e. The number of nitrogens with one attached hydrogen (secondary N) is 2. The highest BCUT2D eigenvalue weighted by atomic mass is 16.4. The average Bonchev–Trinajstić information content (AvgIpc) is 2.34. The minimum atomic E-state index is -1.20. The van der Waals surface area contributed by atoms with Crippen LogP contribution in [0.25, 0.3) is 0 Å². The van der Waals surface area contributed by atoms with E-state index in [1.165, 1.54) is 0 Å². The number of piperazine rings is 1. The molecule has 94 valence electrons. The lowest BCUT2D eigenvalue weighted by Crippen LogP contribution is -2.49. The Morgan fingerprint density at radius 3 is 2.47 bits per heavy atom. The summed E-state index contributed by atoms with van der Waals surface area (Å²) in [6.07, 6.45) is 1.61. The summed E-state index contributed by atoms with van der Waals surface area (Å²) in [5, 5.41) is 13.7. The van der Waals surface area contributed by atoms with Crippen LogP contribution in [0.3, 0.4) is 0 Å². The van der Waals surface area contributed by atoms with Gasteiger partial charge in [-0.1, -0.05) is 0 Å². The van der Waals surface area contributed by atoms with Crippen molar-refractivity contribution >= 4 is 17.8 Å². The molecule has 1 rings (SSSR count). The second-order valence-corrected chi connectivity index (χ2v) is 3.52. The van der Waals surface area contributed by atoms with Crippen molar-refractivity contribution in [2.75, 3.05) is 32.7 Å². The van der Waals surface area contributed by atoms with Crippen molar-refractivity contribution in [3.05, 3.63) is 12.2 Å². The molecule has 0 unspecified atom stereocenters. The molecule has 1 heterocycles. The fourth-order valence-electron chi connectivity index (χ4n) is 1.39. The Labute approximate surface area is 98.5 Å². The number of rotatable bonds is 4. The summed E-state index contributed by atoms with van der Waals surface area (Å²) < 4.78 is 0. The van der Waals surface area contributed by atoms with E-state index in [9.17, 15) is 14.4 Å². The van der Waals surface area contributed by atoms with E-state index in [4.69, 9.17) is 5.11 Å². The molecule has 0 saturated carbocycles. The van der Waals surface area contributed by atoms with E-state index in [0.29, 0.717) is 13.1 Å². The average molecular weight is 241 g/mol. The molecular weight excluding hydrogens is 226 g/mol. The number of amides is 2. The number of hydrogen-bond donors (Lipinski definition) is 3. The third kappa shape index (κ3) is 5.12. The molecule has 0 aromatic carbocycles. The van der Waals surface area contributed by atoms with Crippen LogP contribution in [-0.4, -0.2) is 60.5 Å². The smallest absolute Gasteiger partial charge is 0.328 e. The van der Waals surface area contributed by atoms with Crippen LogP contribution < -0.4 is 10.6 Å². The molecule has 1 aliphatic rings. The molecule has 0 atom stereocenters. The first kappa shape index (κ1) is 13.2. The van der Waals surface area contributed by atoms with E-state index < -0.39 is 11.9 Å². The predicted molar refractivity (Wildman–Crippen MR) is 59.2 cm³/mol. The molecule has 2 amide bonds. The predicted octanol–water partition coefficient (Wildman–Crippen LogP) is -1.82. The molecule has 17 heavy (non-hydrogen) atoms. The molecule has 3 N–H and O–H groups in total. The first-order valence-corrected chi connectivity index (χ1v) is 5.27. The molecule has 0 aliphatic carbocycles. The molecule has 7 nitrogen and oxygen atoms in total. The first-order chi connectivity index (χ1) is 8.09. The van der Waals surface area contributed by atoms with E-state index >= 15 is 0 Å². The lowest BCUT2D eigenvalue weighted by molar-refractivity contribution is -0.132. The second-order valence-electron chi connectivity index (χ2n) is 3.52. The summed E-state index contributed by atoms with van der Waals surface area (Å²) in [5.74, 6) is -1.95. The van der Waals surface area contributed by atoms with Crippen molar-refractivity contribution in [1.29, 1.82) is 0 Å².